The van der Waals surface area contributed by atoms with Crippen molar-refractivity contribution in [1.82, 2.24) is 15.0 Å². The van der Waals surface area contributed by atoms with Crippen molar-refractivity contribution in [2.45, 2.75) is 33.4 Å². The number of halogens is 3. The van der Waals surface area contributed by atoms with Crippen LogP contribution in [-0.2, 0) is 6.18 Å². The Labute approximate surface area is 190 Å². The molecule has 174 valence electrons. The lowest BCUT2D eigenvalue weighted by Crippen LogP contribution is -2.37. The molecule has 0 aliphatic carbocycles. The fourth-order valence-electron chi connectivity index (χ4n) is 4.28. The van der Waals surface area contributed by atoms with E-state index >= 15 is 0 Å². The molecule has 0 radical (unpaired) electrons. The quantitative estimate of drug-likeness (QED) is 0.567. The number of aromatic amines is 1. The molecule has 0 amide bonds. The Bertz CT molecular complexity index is 1230. The second-order valence-electron chi connectivity index (χ2n) is 7.98. The topological polar surface area (TPSA) is 66.4 Å². The minimum atomic E-state index is -4.46. The zero-order chi connectivity index (χ0) is 23.8. The molecule has 1 fully saturated rings. The van der Waals surface area contributed by atoms with Crippen LogP contribution in [0, 0.1) is 6.92 Å². The molecule has 3 heterocycles. The third-order valence-corrected chi connectivity index (χ3v) is 5.96. The summed E-state index contributed by atoms with van der Waals surface area (Å²) in [6, 6.07) is 4.14. The molecular weight excluding hydrogens is 431 g/mol. The molecule has 4 rings (SSSR count). The molecule has 1 saturated heterocycles. The maximum Gasteiger partial charge on any atom is 0.419 e. The monoisotopic (exact) mass is 457 g/mol. The van der Waals surface area contributed by atoms with Crippen molar-refractivity contribution >= 4 is 28.1 Å². The number of aryl methyl sites for hydroxylation is 1. The highest BCUT2D eigenvalue weighted by Gasteiger charge is 2.32. The van der Waals surface area contributed by atoms with Gasteiger partial charge in [-0.05, 0) is 55.2 Å². The first-order valence-electron chi connectivity index (χ1n) is 10.8. The number of alkyl halides is 3. The van der Waals surface area contributed by atoms with E-state index < -0.39 is 11.7 Å². The number of H-pyrrole nitrogens is 1. The molecule has 0 saturated carbocycles. The average molecular weight is 458 g/mol. The molecule has 0 atom stereocenters. The number of hydrogen-bond donors (Lipinski definition) is 1. The molecule has 0 bridgehead atoms. The van der Waals surface area contributed by atoms with Gasteiger partial charge in [0.1, 0.15) is 5.75 Å². The van der Waals surface area contributed by atoms with E-state index in [4.69, 9.17) is 4.74 Å². The standard InChI is InChI=1S/C24H26F3N5O/c1-5-33-22-14(2)10-18(17-6-8-29-21(17)22)15(3)19-13-32(9-7-20(19)28-4)23-30-11-16(12-31-23)24(25,26)27/h6,8,10-12,29H,5,7,9,13H2,1-4H3/b19-15+,28-20?. The molecule has 1 aliphatic heterocycles. The molecule has 33 heavy (non-hydrogen) atoms. The summed E-state index contributed by atoms with van der Waals surface area (Å²) in [6.07, 6.45) is -0.244. The van der Waals surface area contributed by atoms with Crippen LogP contribution in [0.2, 0.25) is 0 Å². The van der Waals surface area contributed by atoms with Gasteiger partial charge < -0.3 is 14.6 Å². The van der Waals surface area contributed by atoms with E-state index in [2.05, 4.69) is 32.9 Å². The Morgan fingerprint density at radius 1 is 1.27 bits per heavy atom. The number of aliphatic imine (C=N–C) groups is 1. The van der Waals surface area contributed by atoms with Crippen molar-refractivity contribution in [2.75, 3.05) is 31.6 Å². The lowest BCUT2D eigenvalue weighted by atomic mass is 9.90. The Morgan fingerprint density at radius 2 is 2.00 bits per heavy atom. The van der Waals surface area contributed by atoms with Crippen molar-refractivity contribution < 1.29 is 17.9 Å². The van der Waals surface area contributed by atoms with Crippen molar-refractivity contribution in [3.63, 3.8) is 0 Å². The van der Waals surface area contributed by atoms with Crippen LogP contribution in [0.3, 0.4) is 0 Å². The molecule has 0 spiro atoms. The SMILES string of the molecule is CCOc1c(C)cc(/C(C)=C2\CN(c3ncc(C(F)(F)F)cn3)CCC2=NC)c2cc[nH]c12. The number of rotatable bonds is 4. The van der Waals surface area contributed by atoms with Crippen molar-refractivity contribution in [3.05, 3.63) is 53.0 Å². The average Bonchev–Trinajstić information content (AvgIpc) is 3.29. The molecule has 1 N–H and O–H groups in total. The third kappa shape index (κ3) is 4.31. The molecule has 1 aliphatic rings. The highest BCUT2D eigenvalue weighted by molar-refractivity contribution is 6.10. The summed E-state index contributed by atoms with van der Waals surface area (Å²) >= 11 is 0. The Morgan fingerprint density at radius 3 is 2.64 bits per heavy atom. The number of fused-ring (bicyclic) bond motifs is 1. The van der Waals surface area contributed by atoms with Gasteiger partial charge in [-0.15, -0.1) is 0 Å². The number of aromatic nitrogens is 3. The minimum Gasteiger partial charge on any atom is -0.491 e. The van der Waals surface area contributed by atoms with Gasteiger partial charge in [-0.3, -0.25) is 4.99 Å². The van der Waals surface area contributed by atoms with Gasteiger partial charge in [-0.25, -0.2) is 9.97 Å². The van der Waals surface area contributed by atoms with Gasteiger partial charge in [-0.1, -0.05) is 0 Å². The lowest BCUT2D eigenvalue weighted by Gasteiger charge is -2.31. The first-order valence-corrected chi connectivity index (χ1v) is 10.8. The second-order valence-corrected chi connectivity index (χ2v) is 7.98. The van der Waals surface area contributed by atoms with Gasteiger partial charge in [0.15, 0.2) is 0 Å². The maximum absolute atomic E-state index is 12.9. The largest absolute Gasteiger partial charge is 0.491 e. The van der Waals surface area contributed by atoms with E-state index in [-0.39, 0.29) is 5.95 Å². The number of anilines is 1. The van der Waals surface area contributed by atoms with Crippen molar-refractivity contribution in [1.29, 1.82) is 0 Å². The minimum absolute atomic E-state index is 0.276. The van der Waals surface area contributed by atoms with Gasteiger partial charge in [0.25, 0.3) is 0 Å². The zero-order valence-corrected chi connectivity index (χ0v) is 19.0. The number of benzene rings is 1. The summed E-state index contributed by atoms with van der Waals surface area (Å²) in [7, 11) is 1.77. The Balaban J connectivity index is 1.75. The van der Waals surface area contributed by atoms with Crippen LogP contribution in [0.5, 0.6) is 5.75 Å². The second kappa shape index (κ2) is 8.88. The van der Waals surface area contributed by atoms with Crippen LogP contribution in [-0.4, -0.2) is 47.4 Å². The van der Waals surface area contributed by atoms with Crippen LogP contribution >= 0.6 is 0 Å². The lowest BCUT2D eigenvalue weighted by molar-refractivity contribution is -0.138. The molecular formula is C24H26F3N5O. The molecule has 2 aromatic heterocycles. The summed E-state index contributed by atoms with van der Waals surface area (Å²) in [4.78, 5) is 17.6. The number of allylic oxidation sites excluding steroid dienone is 1. The van der Waals surface area contributed by atoms with Crippen LogP contribution in [0.15, 0.2) is 41.3 Å². The summed E-state index contributed by atoms with van der Waals surface area (Å²) < 4.78 is 44.6. The predicted molar refractivity (Wildman–Crippen MR) is 124 cm³/mol. The number of nitrogens with zero attached hydrogens (tertiary/aromatic N) is 4. The number of piperidine rings is 1. The number of hydrogen-bond acceptors (Lipinski definition) is 5. The van der Waals surface area contributed by atoms with E-state index in [1.165, 1.54) is 0 Å². The Kier molecular flexibility index (Phi) is 6.14. The first-order chi connectivity index (χ1) is 15.7. The van der Waals surface area contributed by atoms with Gasteiger partial charge >= 0.3 is 6.18 Å². The van der Waals surface area contributed by atoms with E-state index in [1.54, 1.807) is 7.05 Å². The van der Waals surface area contributed by atoms with E-state index in [1.807, 2.05) is 31.0 Å². The van der Waals surface area contributed by atoms with Crippen LogP contribution in [0.4, 0.5) is 19.1 Å². The maximum atomic E-state index is 12.9. The summed E-state index contributed by atoms with van der Waals surface area (Å²) in [5.74, 6) is 1.12. The van der Waals surface area contributed by atoms with Gasteiger partial charge in [0.05, 0.1) is 17.7 Å². The predicted octanol–water partition coefficient (Wildman–Crippen LogP) is 5.44. The smallest absolute Gasteiger partial charge is 0.419 e. The summed E-state index contributed by atoms with van der Waals surface area (Å²) in [6.45, 7) is 7.64. The number of nitrogens with one attached hydrogen (secondary N) is 1. The van der Waals surface area contributed by atoms with E-state index in [0.717, 1.165) is 57.0 Å². The van der Waals surface area contributed by atoms with Crippen molar-refractivity contribution in [2.24, 2.45) is 4.99 Å². The molecule has 0 unspecified atom stereocenters. The number of ether oxygens (including phenoxy) is 1. The molecule has 1 aromatic carbocycles. The van der Waals surface area contributed by atoms with Gasteiger partial charge in [0, 0.05) is 56.2 Å². The van der Waals surface area contributed by atoms with Crippen LogP contribution in [0.25, 0.3) is 16.5 Å². The van der Waals surface area contributed by atoms with Crippen LogP contribution in [0.1, 0.15) is 37.0 Å². The highest BCUT2D eigenvalue weighted by atomic mass is 19.4. The van der Waals surface area contributed by atoms with Crippen LogP contribution < -0.4 is 9.64 Å². The van der Waals surface area contributed by atoms with E-state index in [9.17, 15) is 13.2 Å². The van der Waals surface area contributed by atoms with Crippen molar-refractivity contribution in [3.8, 4) is 5.75 Å². The molecule has 3 aromatic rings. The fourth-order valence-corrected chi connectivity index (χ4v) is 4.28. The first kappa shape index (κ1) is 22.8. The molecule has 6 nitrogen and oxygen atoms in total. The summed E-state index contributed by atoms with van der Waals surface area (Å²) in [5, 5.41) is 1.05. The van der Waals surface area contributed by atoms with E-state index in [0.29, 0.717) is 26.1 Å². The van der Waals surface area contributed by atoms with Gasteiger partial charge in [-0.2, -0.15) is 13.2 Å². The van der Waals surface area contributed by atoms with Gasteiger partial charge in [0.2, 0.25) is 5.95 Å². The normalized spacial score (nSPS) is 17.7. The summed E-state index contributed by atoms with van der Waals surface area (Å²) in [5.41, 5.74) is 5.24. The Hall–Kier alpha value is -3.36. The fraction of sp³-hybridized carbons (Fsp3) is 0.375. The third-order valence-electron chi connectivity index (χ3n) is 5.96. The highest BCUT2D eigenvalue weighted by Crippen LogP contribution is 2.37. The zero-order valence-electron chi connectivity index (χ0n) is 19.0. The molecule has 9 heteroatoms.